The number of ether oxygens (including phenoxy) is 2. The van der Waals surface area contributed by atoms with Crippen LogP contribution in [0.4, 0.5) is 16.3 Å². The Kier molecular flexibility index (Phi) is 8.34. The average Bonchev–Trinajstić information content (AvgIpc) is 3.61. The van der Waals surface area contributed by atoms with Crippen LogP contribution in [-0.4, -0.2) is 70.5 Å². The van der Waals surface area contributed by atoms with Gasteiger partial charge in [0.15, 0.2) is 5.82 Å². The standard InChI is InChI=1S/C28H32ClN7O4/c1-28(2,3)25-17-26(33-40-25)31-27(37)30-23-9-4-19(16-22(23)29)24-18-36(34-32-24)20-5-7-21(8-6-20)39-15-12-35-10-13-38-14-11-35/h4-9,16-18H,10-15H2,1-3H3,(H2,30,31,33,37). The molecule has 4 aromatic rings. The predicted octanol–water partition coefficient (Wildman–Crippen LogP) is 5.23. The van der Waals surface area contributed by atoms with Crippen LogP contribution in [0.5, 0.6) is 5.75 Å². The minimum absolute atomic E-state index is 0.217. The van der Waals surface area contributed by atoms with Crippen molar-refractivity contribution in [3.63, 3.8) is 0 Å². The fraction of sp³-hybridized carbons (Fsp3) is 0.357. The number of hydrogen-bond acceptors (Lipinski definition) is 8. The third-order valence-electron chi connectivity index (χ3n) is 6.38. The van der Waals surface area contributed by atoms with Crippen LogP contribution in [0.25, 0.3) is 16.9 Å². The van der Waals surface area contributed by atoms with Crippen molar-refractivity contribution in [1.29, 1.82) is 0 Å². The van der Waals surface area contributed by atoms with Gasteiger partial charge in [0.05, 0.1) is 35.8 Å². The molecule has 210 valence electrons. The maximum Gasteiger partial charge on any atom is 0.324 e. The quantitative estimate of drug-likeness (QED) is 0.298. The predicted molar refractivity (Wildman–Crippen MR) is 152 cm³/mol. The van der Waals surface area contributed by atoms with E-state index >= 15 is 0 Å². The van der Waals surface area contributed by atoms with Gasteiger partial charge in [0, 0.05) is 36.7 Å². The zero-order valence-corrected chi connectivity index (χ0v) is 23.4. The van der Waals surface area contributed by atoms with Crippen molar-refractivity contribution in [2.45, 2.75) is 26.2 Å². The van der Waals surface area contributed by atoms with Gasteiger partial charge in [-0.2, -0.15) is 0 Å². The molecule has 0 saturated carbocycles. The van der Waals surface area contributed by atoms with Crippen LogP contribution in [0.3, 0.4) is 0 Å². The molecular weight excluding hydrogens is 534 g/mol. The molecule has 0 spiro atoms. The van der Waals surface area contributed by atoms with Gasteiger partial charge in [-0.25, -0.2) is 9.48 Å². The highest BCUT2D eigenvalue weighted by Crippen LogP contribution is 2.29. The van der Waals surface area contributed by atoms with Gasteiger partial charge < -0.3 is 19.3 Å². The summed E-state index contributed by atoms with van der Waals surface area (Å²) in [6, 6.07) is 14.2. The number of nitrogens with zero attached hydrogens (tertiary/aromatic N) is 5. The second-order valence-corrected chi connectivity index (χ2v) is 10.9. The smallest absolute Gasteiger partial charge is 0.324 e. The first kappa shape index (κ1) is 27.6. The van der Waals surface area contributed by atoms with Crippen molar-refractivity contribution in [2.75, 3.05) is 50.1 Å². The minimum atomic E-state index is -0.483. The molecule has 2 N–H and O–H groups in total. The van der Waals surface area contributed by atoms with E-state index < -0.39 is 6.03 Å². The Labute approximate surface area is 237 Å². The summed E-state index contributed by atoms with van der Waals surface area (Å²) in [6.07, 6.45) is 1.82. The van der Waals surface area contributed by atoms with E-state index in [1.165, 1.54) is 0 Å². The Balaban J connectivity index is 1.16. The number of halogens is 1. The van der Waals surface area contributed by atoms with Crippen LogP contribution in [0.15, 0.2) is 59.3 Å². The molecule has 5 rings (SSSR count). The van der Waals surface area contributed by atoms with Crippen LogP contribution in [0, 0.1) is 0 Å². The number of anilines is 2. The number of rotatable bonds is 8. The minimum Gasteiger partial charge on any atom is -0.492 e. The maximum atomic E-state index is 12.5. The Morgan fingerprint density at radius 3 is 2.55 bits per heavy atom. The van der Waals surface area contributed by atoms with Crippen molar-refractivity contribution in [3.05, 3.63) is 65.5 Å². The second-order valence-electron chi connectivity index (χ2n) is 10.4. The third-order valence-corrected chi connectivity index (χ3v) is 6.69. The summed E-state index contributed by atoms with van der Waals surface area (Å²) in [5.41, 5.74) is 2.48. The molecule has 0 unspecified atom stereocenters. The monoisotopic (exact) mass is 565 g/mol. The number of carbonyl (C=O) groups is 1. The summed E-state index contributed by atoms with van der Waals surface area (Å²) < 4.78 is 18.2. The van der Waals surface area contributed by atoms with Crippen molar-refractivity contribution >= 4 is 29.1 Å². The Morgan fingerprint density at radius 2 is 1.85 bits per heavy atom. The number of hydrogen-bond donors (Lipinski definition) is 2. The first-order valence-corrected chi connectivity index (χ1v) is 13.4. The number of morpholine rings is 1. The molecule has 2 amide bonds. The van der Waals surface area contributed by atoms with Gasteiger partial charge in [-0.05, 0) is 36.4 Å². The zero-order chi connectivity index (χ0) is 28.1. The number of carbonyl (C=O) groups excluding carboxylic acids is 1. The van der Waals surface area contributed by atoms with Gasteiger partial charge in [-0.1, -0.05) is 48.8 Å². The number of urea groups is 1. The van der Waals surface area contributed by atoms with Gasteiger partial charge in [-0.15, -0.1) is 5.10 Å². The average molecular weight is 566 g/mol. The molecule has 11 nitrogen and oxygen atoms in total. The fourth-order valence-electron chi connectivity index (χ4n) is 4.07. The van der Waals surface area contributed by atoms with Gasteiger partial charge in [0.2, 0.25) is 0 Å². The Bertz CT molecular complexity index is 1440. The van der Waals surface area contributed by atoms with E-state index in [0.29, 0.717) is 34.6 Å². The van der Waals surface area contributed by atoms with Crippen molar-refractivity contribution in [2.24, 2.45) is 0 Å². The highest BCUT2D eigenvalue weighted by molar-refractivity contribution is 6.34. The molecule has 0 radical (unpaired) electrons. The summed E-state index contributed by atoms with van der Waals surface area (Å²) in [6.45, 7) is 10.9. The SMILES string of the molecule is CC(C)(C)c1cc(NC(=O)Nc2ccc(-c3cn(-c4ccc(OCCN5CCOCC5)cc4)nn3)cc2Cl)no1. The van der Waals surface area contributed by atoms with Crippen molar-refractivity contribution < 1.29 is 18.8 Å². The largest absolute Gasteiger partial charge is 0.492 e. The Morgan fingerprint density at radius 1 is 1.07 bits per heavy atom. The number of aromatic nitrogens is 4. The molecular formula is C28H32ClN7O4. The van der Waals surface area contributed by atoms with E-state index in [-0.39, 0.29) is 5.41 Å². The van der Waals surface area contributed by atoms with Gasteiger partial charge in [0.1, 0.15) is 23.8 Å². The summed E-state index contributed by atoms with van der Waals surface area (Å²) in [5, 5.41) is 18.2. The van der Waals surface area contributed by atoms with E-state index in [9.17, 15) is 4.79 Å². The van der Waals surface area contributed by atoms with Crippen molar-refractivity contribution in [3.8, 4) is 22.7 Å². The summed E-state index contributed by atoms with van der Waals surface area (Å²) >= 11 is 6.47. The van der Waals surface area contributed by atoms with Gasteiger partial charge in [-0.3, -0.25) is 10.2 Å². The van der Waals surface area contributed by atoms with Crippen LogP contribution in [0.2, 0.25) is 5.02 Å². The lowest BCUT2D eigenvalue weighted by Crippen LogP contribution is -2.38. The highest BCUT2D eigenvalue weighted by Gasteiger charge is 2.20. The van der Waals surface area contributed by atoms with Crippen molar-refractivity contribution in [1.82, 2.24) is 25.1 Å². The zero-order valence-electron chi connectivity index (χ0n) is 22.7. The molecule has 0 bridgehead atoms. The molecule has 2 aromatic carbocycles. The molecule has 0 atom stereocenters. The summed E-state index contributed by atoms with van der Waals surface area (Å²) in [5.74, 6) is 1.79. The molecule has 1 aliphatic rings. The first-order chi connectivity index (χ1) is 19.2. The highest BCUT2D eigenvalue weighted by atomic mass is 35.5. The molecule has 1 fully saturated rings. The first-order valence-electron chi connectivity index (χ1n) is 13.1. The Hall–Kier alpha value is -3.93. The molecule has 3 heterocycles. The summed E-state index contributed by atoms with van der Waals surface area (Å²) in [4.78, 5) is 14.8. The van der Waals surface area contributed by atoms with Crippen LogP contribution < -0.4 is 15.4 Å². The van der Waals surface area contributed by atoms with E-state index in [4.69, 9.17) is 25.6 Å². The van der Waals surface area contributed by atoms with Gasteiger partial charge >= 0.3 is 6.03 Å². The normalized spacial score (nSPS) is 14.2. The number of nitrogens with one attached hydrogen (secondary N) is 2. The van der Waals surface area contributed by atoms with Crippen LogP contribution in [0.1, 0.15) is 26.5 Å². The van der Waals surface area contributed by atoms with Crippen LogP contribution >= 0.6 is 11.6 Å². The summed E-state index contributed by atoms with van der Waals surface area (Å²) in [7, 11) is 0. The van der Waals surface area contributed by atoms with Crippen LogP contribution in [-0.2, 0) is 10.2 Å². The lowest BCUT2D eigenvalue weighted by atomic mass is 9.93. The fourth-order valence-corrected chi connectivity index (χ4v) is 4.30. The third kappa shape index (κ3) is 6.98. The molecule has 1 saturated heterocycles. The molecule has 0 aliphatic carbocycles. The van der Waals surface area contributed by atoms with E-state index in [2.05, 4.69) is 31.0 Å². The van der Waals surface area contributed by atoms with E-state index in [1.54, 1.807) is 22.9 Å². The van der Waals surface area contributed by atoms with Gasteiger partial charge in [0.25, 0.3) is 0 Å². The molecule has 40 heavy (non-hydrogen) atoms. The second kappa shape index (κ2) is 12.1. The molecule has 1 aliphatic heterocycles. The number of benzene rings is 2. The maximum absolute atomic E-state index is 12.5. The van der Waals surface area contributed by atoms with E-state index in [0.717, 1.165) is 49.8 Å². The molecule has 2 aromatic heterocycles. The lowest BCUT2D eigenvalue weighted by molar-refractivity contribution is 0.0322. The van der Waals surface area contributed by atoms with E-state index in [1.807, 2.05) is 57.3 Å². The topological polar surface area (TPSA) is 120 Å². The number of amides is 2. The molecule has 12 heteroatoms. The lowest BCUT2D eigenvalue weighted by Gasteiger charge is -2.26.